The van der Waals surface area contributed by atoms with Crippen molar-refractivity contribution in [2.45, 2.75) is 225 Å². The summed E-state index contributed by atoms with van der Waals surface area (Å²) in [7, 11) is 0. The highest BCUT2D eigenvalue weighted by atomic mass is 16.5. The van der Waals surface area contributed by atoms with Crippen LogP contribution in [0.2, 0.25) is 0 Å². The number of allylic oxidation sites excluding steroid dienone is 4. The topological polar surface area (TPSA) is 142 Å². The summed E-state index contributed by atoms with van der Waals surface area (Å²) >= 11 is 0. The zero-order valence-corrected chi connectivity index (χ0v) is 34.7. The Morgan fingerprint density at radius 1 is 0.556 bits per heavy atom. The summed E-state index contributed by atoms with van der Waals surface area (Å²) in [5.41, 5.74) is 0. The number of nitrogens with one attached hydrogen (secondary N) is 2. The molecule has 0 radical (unpaired) electrons. The number of rotatable bonds is 40. The van der Waals surface area contributed by atoms with Crippen molar-refractivity contribution in [3.63, 3.8) is 0 Å². The second-order valence-corrected chi connectivity index (χ2v) is 15.1. The second kappa shape index (κ2) is 40.0. The van der Waals surface area contributed by atoms with Crippen molar-refractivity contribution < 1.29 is 34.1 Å². The third-order valence-electron chi connectivity index (χ3n) is 9.95. The van der Waals surface area contributed by atoms with E-state index in [1.807, 2.05) is 0 Å². The second-order valence-electron chi connectivity index (χ2n) is 15.1. The highest BCUT2D eigenvalue weighted by molar-refractivity contribution is 5.87. The maximum atomic E-state index is 12.8. The van der Waals surface area contributed by atoms with Crippen molar-refractivity contribution in [2.75, 3.05) is 13.2 Å². The van der Waals surface area contributed by atoms with Gasteiger partial charge in [0.15, 0.2) is 0 Å². The van der Waals surface area contributed by atoms with Gasteiger partial charge in [-0.25, -0.2) is 4.79 Å². The number of carboxylic acid groups (broad SMARTS) is 1. The lowest BCUT2D eigenvalue weighted by Crippen LogP contribution is -2.47. The van der Waals surface area contributed by atoms with E-state index in [2.05, 4.69) is 48.8 Å². The SMILES string of the molecule is CCCCCC/C=C\C/C=C\CCCCCCCCCC(=O)OC(CCCCCCCCCC)CCCCCCCC(=O)NCC(=O)NC(CO)C(=O)O. The van der Waals surface area contributed by atoms with Crippen molar-refractivity contribution in [2.24, 2.45) is 0 Å². The Balaban J connectivity index is 4.18. The van der Waals surface area contributed by atoms with E-state index in [1.165, 1.54) is 116 Å². The summed E-state index contributed by atoms with van der Waals surface area (Å²) < 4.78 is 6.01. The first-order valence-electron chi connectivity index (χ1n) is 22.2. The quantitative estimate of drug-likeness (QED) is 0.0276. The van der Waals surface area contributed by atoms with Gasteiger partial charge in [0.05, 0.1) is 13.2 Å². The van der Waals surface area contributed by atoms with Crippen LogP contribution in [-0.2, 0) is 23.9 Å². The molecular weight excluding hydrogens is 681 g/mol. The molecule has 4 N–H and O–H groups in total. The average Bonchev–Trinajstić information content (AvgIpc) is 3.15. The lowest BCUT2D eigenvalue weighted by atomic mass is 10.0. The zero-order valence-electron chi connectivity index (χ0n) is 34.7. The number of carboxylic acids is 1. The van der Waals surface area contributed by atoms with Crippen LogP contribution in [0.3, 0.4) is 0 Å². The molecule has 0 aliphatic carbocycles. The Kier molecular flexibility index (Phi) is 38.0. The van der Waals surface area contributed by atoms with E-state index in [0.717, 1.165) is 64.2 Å². The number of unbranched alkanes of at least 4 members (excludes halogenated alkanes) is 22. The monoisotopic (exact) mass is 763 g/mol. The number of aliphatic carboxylic acids is 1. The summed E-state index contributed by atoms with van der Waals surface area (Å²) in [5, 5.41) is 22.5. The molecule has 0 rings (SSSR count). The van der Waals surface area contributed by atoms with Crippen molar-refractivity contribution >= 4 is 23.8 Å². The number of hydrogen-bond acceptors (Lipinski definition) is 6. The predicted molar refractivity (Wildman–Crippen MR) is 222 cm³/mol. The molecule has 0 saturated carbocycles. The smallest absolute Gasteiger partial charge is 0.328 e. The van der Waals surface area contributed by atoms with Crippen LogP contribution in [0.5, 0.6) is 0 Å². The van der Waals surface area contributed by atoms with Crippen molar-refractivity contribution in [3.05, 3.63) is 24.3 Å². The van der Waals surface area contributed by atoms with Crippen LogP contribution in [0.25, 0.3) is 0 Å². The molecule has 0 aromatic carbocycles. The highest BCUT2D eigenvalue weighted by Crippen LogP contribution is 2.19. The van der Waals surface area contributed by atoms with Gasteiger partial charge in [-0.15, -0.1) is 0 Å². The molecule has 0 fully saturated rings. The largest absolute Gasteiger partial charge is 0.480 e. The Bertz CT molecular complexity index is 968. The minimum Gasteiger partial charge on any atom is -0.480 e. The first kappa shape index (κ1) is 51.3. The average molecular weight is 763 g/mol. The lowest BCUT2D eigenvalue weighted by Gasteiger charge is -2.18. The molecule has 0 aliphatic rings. The third kappa shape index (κ3) is 36.3. The molecule has 0 spiro atoms. The highest BCUT2D eigenvalue weighted by Gasteiger charge is 2.19. The summed E-state index contributed by atoms with van der Waals surface area (Å²) in [4.78, 5) is 47.5. The van der Waals surface area contributed by atoms with Gasteiger partial charge in [-0.05, 0) is 70.6 Å². The molecule has 2 unspecified atom stereocenters. The number of carbonyl (C=O) groups excluding carboxylic acids is 3. The van der Waals surface area contributed by atoms with Crippen LogP contribution in [0.1, 0.15) is 213 Å². The van der Waals surface area contributed by atoms with Crippen LogP contribution in [0.15, 0.2) is 24.3 Å². The fraction of sp³-hybridized carbons (Fsp3) is 0.822. The molecule has 0 bridgehead atoms. The Morgan fingerprint density at radius 3 is 1.50 bits per heavy atom. The van der Waals surface area contributed by atoms with Gasteiger partial charge in [-0.1, -0.05) is 154 Å². The number of aliphatic hydroxyl groups excluding tert-OH is 1. The van der Waals surface area contributed by atoms with E-state index in [4.69, 9.17) is 14.9 Å². The molecule has 0 aromatic rings. The minimum atomic E-state index is -1.38. The number of ether oxygens (including phenoxy) is 1. The van der Waals surface area contributed by atoms with E-state index in [0.29, 0.717) is 19.3 Å². The van der Waals surface area contributed by atoms with Gasteiger partial charge in [0, 0.05) is 12.8 Å². The molecule has 54 heavy (non-hydrogen) atoms. The third-order valence-corrected chi connectivity index (χ3v) is 9.95. The number of esters is 1. The van der Waals surface area contributed by atoms with Gasteiger partial charge in [0.1, 0.15) is 12.1 Å². The maximum Gasteiger partial charge on any atom is 0.328 e. The summed E-state index contributed by atoms with van der Waals surface area (Å²) in [6.45, 7) is 3.46. The normalized spacial score (nSPS) is 12.6. The molecule has 0 saturated heterocycles. The van der Waals surface area contributed by atoms with Crippen molar-refractivity contribution in [3.8, 4) is 0 Å². The van der Waals surface area contributed by atoms with Crippen LogP contribution in [0, 0.1) is 0 Å². The van der Waals surface area contributed by atoms with Gasteiger partial charge in [0.25, 0.3) is 0 Å². The maximum absolute atomic E-state index is 12.8. The van der Waals surface area contributed by atoms with Crippen LogP contribution < -0.4 is 10.6 Å². The molecule has 0 heterocycles. The lowest BCUT2D eigenvalue weighted by molar-refractivity contribution is -0.150. The molecule has 0 aromatic heterocycles. The summed E-state index contributed by atoms with van der Waals surface area (Å²) in [6.07, 6.45) is 43.5. The predicted octanol–water partition coefficient (Wildman–Crippen LogP) is 10.8. The summed E-state index contributed by atoms with van der Waals surface area (Å²) in [5.74, 6) is -2.29. The molecule has 9 heteroatoms. The van der Waals surface area contributed by atoms with E-state index in [1.54, 1.807) is 0 Å². The minimum absolute atomic E-state index is 0.0123. The van der Waals surface area contributed by atoms with Gasteiger partial charge in [-0.3, -0.25) is 14.4 Å². The van der Waals surface area contributed by atoms with Crippen LogP contribution >= 0.6 is 0 Å². The van der Waals surface area contributed by atoms with Crippen LogP contribution in [0.4, 0.5) is 0 Å². The van der Waals surface area contributed by atoms with Crippen molar-refractivity contribution in [1.29, 1.82) is 0 Å². The molecule has 2 atom stereocenters. The number of carbonyl (C=O) groups is 4. The standard InChI is InChI=1S/C45H82N2O7/c1-3-5-7-9-11-13-14-15-16-17-18-19-20-21-22-24-29-33-37-44(51)54-40(34-30-26-23-12-10-8-6-4-2)35-31-27-25-28-32-36-42(49)46-38-43(50)47-41(39-48)45(52)53/h13-14,16-17,40-41,48H,3-12,15,18-39H2,1-2H3,(H,46,49)(H,47,50)(H,52,53)/b14-13-,17-16-. The summed E-state index contributed by atoms with van der Waals surface area (Å²) in [6, 6.07) is -1.38. The van der Waals surface area contributed by atoms with E-state index >= 15 is 0 Å². The van der Waals surface area contributed by atoms with Gasteiger partial charge < -0.3 is 25.6 Å². The van der Waals surface area contributed by atoms with Crippen molar-refractivity contribution in [1.82, 2.24) is 10.6 Å². The molecule has 2 amide bonds. The fourth-order valence-electron chi connectivity index (χ4n) is 6.51. The first-order chi connectivity index (χ1) is 26.3. The van der Waals surface area contributed by atoms with Gasteiger partial charge >= 0.3 is 11.9 Å². The molecular formula is C45H82N2O7. The number of amides is 2. The zero-order chi connectivity index (χ0) is 39.7. The molecule has 0 aliphatic heterocycles. The van der Waals surface area contributed by atoms with Gasteiger partial charge in [0.2, 0.25) is 11.8 Å². The molecule has 314 valence electrons. The first-order valence-corrected chi connectivity index (χ1v) is 22.2. The van der Waals surface area contributed by atoms with E-state index < -0.39 is 24.5 Å². The number of aliphatic hydroxyl groups is 1. The van der Waals surface area contributed by atoms with E-state index in [9.17, 15) is 19.2 Å². The Labute approximate surface area is 330 Å². The number of hydrogen-bond donors (Lipinski definition) is 4. The van der Waals surface area contributed by atoms with Crippen LogP contribution in [-0.4, -0.2) is 59.3 Å². The van der Waals surface area contributed by atoms with Gasteiger partial charge in [-0.2, -0.15) is 0 Å². The van der Waals surface area contributed by atoms with E-state index in [-0.39, 0.29) is 24.5 Å². The Morgan fingerprint density at radius 2 is 1.00 bits per heavy atom. The Hall–Kier alpha value is -2.68. The fourth-order valence-corrected chi connectivity index (χ4v) is 6.51. The molecule has 9 nitrogen and oxygen atoms in total.